The summed E-state index contributed by atoms with van der Waals surface area (Å²) in [5.74, 6) is 0. The second kappa shape index (κ2) is 6.03. The van der Waals surface area contributed by atoms with E-state index in [1.807, 2.05) is 23.9 Å². The number of aryl methyl sites for hydroxylation is 1. The van der Waals surface area contributed by atoms with Crippen molar-refractivity contribution >= 4 is 11.6 Å². The molecular weight excluding hydrogens is 246 g/mol. The van der Waals surface area contributed by atoms with E-state index < -0.39 is 0 Å². The Labute approximate surface area is 113 Å². The van der Waals surface area contributed by atoms with Crippen molar-refractivity contribution in [1.82, 2.24) is 15.1 Å². The second-order valence-electron chi connectivity index (χ2n) is 4.42. The number of rotatable bonds is 5. The molecule has 0 fully saturated rings. The molecule has 0 bridgehead atoms. The van der Waals surface area contributed by atoms with E-state index in [9.17, 15) is 0 Å². The molecule has 2 aromatic rings. The summed E-state index contributed by atoms with van der Waals surface area (Å²) in [6.07, 6.45) is 3.95. The Morgan fingerprint density at radius 1 is 1.39 bits per heavy atom. The van der Waals surface area contributed by atoms with Gasteiger partial charge < -0.3 is 5.32 Å². The molecule has 4 heteroatoms. The van der Waals surface area contributed by atoms with Crippen molar-refractivity contribution in [1.29, 1.82) is 0 Å². The first-order chi connectivity index (χ1) is 8.69. The lowest BCUT2D eigenvalue weighted by molar-refractivity contribution is 0.683. The second-order valence-corrected chi connectivity index (χ2v) is 4.83. The minimum absolute atomic E-state index is 0.714. The van der Waals surface area contributed by atoms with Crippen molar-refractivity contribution in [3.8, 4) is 0 Å². The molecular formula is C14H18ClN3. The highest BCUT2D eigenvalue weighted by molar-refractivity contribution is 6.31. The van der Waals surface area contributed by atoms with Crippen molar-refractivity contribution in [2.24, 2.45) is 0 Å². The molecule has 18 heavy (non-hydrogen) atoms. The van der Waals surface area contributed by atoms with Crippen LogP contribution >= 0.6 is 11.6 Å². The van der Waals surface area contributed by atoms with Gasteiger partial charge in [-0.25, -0.2) is 0 Å². The van der Waals surface area contributed by atoms with Gasteiger partial charge in [0.15, 0.2) is 0 Å². The lowest BCUT2D eigenvalue weighted by Crippen LogP contribution is -2.11. The molecule has 1 N–H and O–H groups in total. The van der Waals surface area contributed by atoms with Gasteiger partial charge in [-0.2, -0.15) is 5.10 Å². The van der Waals surface area contributed by atoms with Crippen LogP contribution in [0.3, 0.4) is 0 Å². The van der Waals surface area contributed by atoms with Gasteiger partial charge in [0.2, 0.25) is 0 Å². The highest BCUT2D eigenvalue weighted by atomic mass is 35.5. The number of hydrogen-bond acceptors (Lipinski definition) is 2. The molecule has 0 spiro atoms. The maximum Gasteiger partial charge on any atom is 0.0674 e. The Balaban J connectivity index is 2.06. The Kier molecular flexibility index (Phi) is 4.39. The van der Waals surface area contributed by atoms with Crippen LogP contribution in [0.2, 0.25) is 5.02 Å². The Morgan fingerprint density at radius 3 is 2.94 bits per heavy atom. The average molecular weight is 264 g/mol. The fourth-order valence-electron chi connectivity index (χ4n) is 1.81. The summed E-state index contributed by atoms with van der Waals surface area (Å²) >= 11 is 6.22. The van der Waals surface area contributed by atoms with Gasteiger partial charge in [-0.1, -0.05) is 30.7 Å². The van der Waals surface area contributed by atoms with Gasteiger partial charge >= 0.3 is 0 Å². The Bertz CT molecular complexity index is 520. The monoisotopic (exact) mass is 263 g/mol. The normalized spacial score (nSPS) is 10.8. The van der Waals surface area contributed by atoms with E-state index in [0.717, 1.165) is 23.7 Å². The molecule has 0 saturated heterocycles. The van der Waals surface area contributed by atoms with Crippen LogP contribution in [0.25, 0.3) is 0 Å². The van der Waals surface area contributed by atoms with Crippen LogP contribution in [0, 0.1) is 6.92 Å². The summed E-state index contributed by atoms with van der Waals surface area (Å²) in [7, 11) is 0. The minimum atomic E-state index is 0.714. The minimum Gasteiger partial charge on any atom is -0.313 e. The van der Waals surface area contributed by atoms with Crippen LogP contribution in [0.15, 0.2) is 30.6 Å². The molecule has 0 aliphatic rings. The zero-order valence-electron chi connectivity index (χ0n) is 10.8. The van der Waals surface area contributed by atoms with Crippen LogP contribution in [0.1, 0.15) is 23.6 Å². The van der Waals surface area contributed by atoms with E-state index in [1.165, 1.54) is 11.1 Å². The first-order valence-corrected chi connectivity index (χ1v) is 6.54. The van der Waals surface area contributed by atoms with Crippen molar-refractivity contribution in [3.05, 3.63) is 52.3 Å². The third-order valence-electron chi connectivity index (χ3n) is 2.81. The molecule has 0 radical (unpaired) electrons. The molecule has 0 amide bonds. The third-order valence-corrected chi connectivity index (χ3v) is 3.16. The van der Waals surface area contributed by atoms with Gasteiger partial charge in [0.05, 0.1) is 12.7 Å². The number of aromatic nitrogens is 2. The van der Waals surface area contributed by atoms with E-state index in [1.54, 1.807) is 0 Å². The summed E-state index contributed by atoms with van der Waals surface area (Å²) in [5, 5.41) is 8.43. The molecule has 2 rings (SSSR count). The highest BCUT2D eigenvalue weighted by Crippen LogP contribution is 2.18. The standard InChI is InChI=1S/C14H18ClN3/c1-3-16-7-12-8-17-18(9-12)10-13-5-4-11(2)6-14(13)15/h4-6,8-9,16H,3,7,10H2,1-2H3. The maximum absolute atomic E-state index is 6.22. The van der Waals surface area contributed by atoms with Gasteiger partial charge in [-0.15, -0.1) is 0 Å². The van der Waals surface area contributed by atoms with Crippen LogP contribution in [-0.4, -0.2) is 16.3 Å². The van der Waals surface area contributed by atoms with Crippen LogP contribution in [0.5, 0.6) is 0 Å². The van der Waals surface area contributed by atoms with Gasteiger partial charge in [0, 0.05) is 23.3 Å². The predicted octanol–water partition coefficient (Wildman–Crippen LogP) is 3.00. The van der Waals surface area contributed by atoms with E-state index in [0.29, 0.717) is 6.54 Å². The molecule has 1 aromatic carbocycles. The summed E-state index contributed by atoms with van der Waals surface area (Å²) in [5.41, 5.74) is 3.47. The molecule has 0 unspecified atom stereocenters. The topological polar surface area (TPSA) is 29.9 Å². The zero-order chi connectivity index (χ0) is 13.0. The largest absolute Gasteiger partial charge is 0.313 e. The first kappa shape index (κ1) is 13.1. The lowest BCUT2D eigenvalue weighted by atomic mass is 10.1. The summed E-state index contributed by atoms with van der Waals surface area (Å²) < 4.78 is 1.92. The van der Waals surface area contributed by atoms with Crippen molar-refractivity contribution in [2.75, 3.05) is 6.54 Å². The van der Waals surface area contributed by atoms with Crippen molar-refractivity contribution < 1.29 is 0 Å². The zero-order valence-corrected chi connectivity index (χ0v) is 11.5. The smallest absolute Gasteiger partial charge is 0.0674 e. The fourth-order valence-corrected chi connectivity index (χ4v) is 2.10. The quantitative estimate of drug-likeness (QED) is 0.899. The van der Waals surface area contributed by atoms with E-state index in [-0.39, 0.29) is 0 Å². The average Bonchev–Trinajstić information content (AvgIpc) is 2.78. The van der Waals surface area contributed by atoms with E-state index >= 15 is 0 Å². The predicted molar refractivity (Wildman–Crippen MR) is 74.9 cm³/mol. The molecule has 0 saturated carbocycles. The van der Waals surface area contributed by atoms with Crippen molar-refractivity contribution in [3.63, 3.8) is 0 Å². The SMILES string of the molecule is CCNCc1cnn(Cc2ccc(C)cc2Cl)c1. The summed E-state index contributed by atoms with van der Waals surface area (Å²) in [4.78, 5) is 0. The highest BCUT2D eigenvalue weighted by Gasteiger charge is 2.03. The van der Waals surface area contributed by atoms with Gasteiger partial charge in [-0.3, -0.25) is 4.68 Å². The number of halogens is 1. The molecule has 1 aromatic heterocycles. The third kappa shape index (κ3) is 3.34. The maximum atomic E-state index is 6.22. The van der Waals surface area contributed by atoms with E-state index in [2.05, 4.69) is 35.7 Å². The van der Waals surface area contributed by atoms with Crippen LogP contribution < -0.4 is 5.32 Å². The molecule has 1 heterocycles. The first-order valence-electron chi connectivity index (χ1n) is 6.16. The fraction of sp³-hybridized carbons (Fsp3) is 0.357. The molecule has 0 aliphatic carbocycles. The number of hydrogen-bond donors (Lipinski definition) is 1. The molecule has 3 nitrogen and oxygen atoms in total. The Hall–Kier alpha value is -1.32. The summed E-state index contributed by atoms with van der Waals surface area (Å²) in [6, 6.07) is 6.12. The molecule has 0 aliphatic heterocycles. The van der Waals surface area contributed by atoms with Gasteiger partial charge in [-0.05, 0) is 30.7 Å². The van der Waals surface area contributed by atoms with Crippen LogP contribution in [-0.2, 0) is 13.1 Å². The molecule has 96 valence electrons. The number of benzene rings is 1. The van der Waals surface area contributed by atoms with Crippen molar-refractivity contribution in [2.45, 2.75) is 26.9 Å². The Morgan fingerprint density at radius 2 is 2.22 bits per heavy atom. The molecule has 0 atom stereocenters. The van der Waals surface area contributed by atoms with Crippen LogP contribution in [0.4, 0.5) is 0 Å². The lowest BCUT2D eigenvalue weighted by Gasteiger charge is -2.05. The van der Waals surface area contributed by atoms with Gasteiger partial charge in [0.25, 0.3) is 0 Å². The summed E-state index contributed by atoms with van der Waals surface area (Å²) in [6.45, 7) is 6.67. The number of nitrogens with one attached hydrogen (secondary N) is 1. The number of nitrogens with zero attached hydrogens (tertiary/aromatic N) is 2. The van der Waals surface area contributed by atoms with Gasteiger partial charge in [0.1, 0.15) is 0 Å². The van der Waals surface area contributed by atoms with E-state index in [4.69, 9.17) is 11.6 Å².